The smallest absolute Gasteiger partial charge is 0.193 e. The molecule has 0 fully saturated rings. The lowest BCUT2D eigenvalue weighted by Crippen LogP contribution is -2.03. The first kappa shape index (κ1) is 11.2. The third-order valence-electron chi connectivity index (χ3n) is 2.45. The van der Waals surface area contributed by atoms with E-state index in [-0.39, 0.29) is 33.5 Å². The molecule has 0 amide bonds. The van der Waals surface area contributed by atoms with Crippen molar-refractivity contribution < 1.29 is 19.1 Å². The number of aldehydes is 1. The van der Waals surface area contributed by atoms with E-state index in [0.29, 0.717) is 12.0 Å². The highest BCUT2D eigenvalue weighted by Gasteiger charge is 2.16. The molecule has 0 aliphatic rings. The largest absolute Gasteiger partial charge is 0.504 e. The Bertz CT molecular complexity index is 654. The summed E-state index contributed by atoms with van der Waals surface area (Å²) >= 11 is 0. The Kier molecular flexibility index (Phi) is 2.59. The normalized spacial score (nSPS) is 10.5. The van der Waals surface area contributed by atoms with Gasteiger partial charge in [-0.3, -0.25) is 9.59 Å². The zero-order valence-electron chi connectivity index (χ0n) is 9.31. The van der Waals surface area contributed by atoms with Gasteiger partial charge in [0.1, 0.15) is 11.3 Å². The van der Waals surface area contributed by atoms with Gasteiger partial charge in [-0.25, -0.2) is 0 Å². The van der Waals surface area contributed by atoms with Gasteiger partial charge < -0.3 is 14.3 Å². The molecule has 2 aromatic rings. The number of carbonyl (C=O) groups is 1. The molecule has 0 saturated heterocycles. The SMILES string of the molecule is COc1cc2c(=O)cc(C)oc2c(C=O)c1O. The number of fused-ring (bicyclic) bond motifs is 1. The van der Waals surface area contributed by atoms with Crippen LogP contribution in [0.15, 0.2) is 21.3 Å². The topological polar surface area (TPSA) is 76.7 Å². The van der Waals surface area contributed by atoms with E-state index >= 15 is 0 Å². The highest BCUT2D eigenvalue weighted by molar-refractivity contribution is 5.98. The molecule has 0 aliphatic carbocycles. The monoisotopic (exact) mass is 234 g/mol. The van der Waals surface area contributed by atoms with Crippen molar-refractivity contribution in [3.63, 3.8) is 0 Å². The molecular formula is C12H10O5. The fourth-order valence-corrected chi connectivity index (χ4v) is 1.66. The van der Waals surface area contributed by atoms with Crippen molar-refractivity contribution in [2.45, 2.75) is 6.92 Å². The molecule has 1 aromatic carbocycles. The predicted molar refractivity (Wildman–Crippen MR) is 60.8 cm³/mol. The van der Waals surface area contributed by atoms with Gasteiger partial charge in [-0.05, 0) is 13.0 Å². The van der Waals surface area contributed by atoms with Gasteiger partial charge in [0.15, 0.2) is 28.8 Å². The molecule has 1 aromatic heterocycles. The Balaban J connectivity index is 3.03. The number of hydrogen-bond acceptors (Lipinski definition) is 5. The summed E-state index contributed by atoms with van der Waals surface area (Å²) in [5.74, 6) is 0.106. The Hall–Kier alpha value is -2.30. The Labute approximate surface area is 96.2 Å². The molecule has 17 heavy (non-hydrogen) atoms. The fraction of sp³-hybridized carbons (Fsp3) is 0.167. The second kappa shape index (κ2) is 3.93. The lowest BCUT2D eigenvalue weighted by molar-refractivity contribution is 0.112. The van der Waals surface area contributed by atoms with E-state index in [4.69, 9.17) is 9.15 Å². The maximum Gasteiger partial charge on any atom is 0.193 e. The van der Waals surface area contributed by atoms with E-state index in [1.807, 2.05) is 0 Å². The van der Waals surface area contributed by atoms with E-state index in [0.717, 1.165) is 0 Å². The Morgan fingerprint density at radius 1 is 1.41 bits per heavy atom. The third kappa shape index (κ3) is 1.65. The summed E-state index contributed by atoms with van der Waals surface area (Å²) in [4.78, 5) is 22.7. The average molecular weight is 234 g/mol. The van der Waals surface area contributed by atoms with Crippen LogP contribution in [0, 0.1) is 6.92 Å². The summed E-state index contributed by atoms with van der Waals surface area (Å²) in [6.07, 6.45) is 0.433. The standard InChI is InChI=1S/C12H10O5/c1-6-3-9(14)7-4-10(16-2)11(15)8(5-13)12(7)17-6/h3-5,15H,1-2H3. The van der Waals surface area contributed by atoms with Crippen LogP contribution in [0.2, 0.25) is 0 Å². The lowest BCUT2D eigenvalue weighted by Gasteiger charge is -2.08. The van der Waals surface area contributed by atoms with Crippen molar-refractivity contribution in [1.82, 2.24) is 0 Å². The van der Waals surface area contributed by atoms with Crippen molar-refractivity contribution in [1.29, 1.82) is 0 Å². The summed E-state index contributed by atoms with van der Waals surface area (Å²) in [6.45, 7) is 1.59. The van der Waals surface area contributed by atoms with Crippen LogP contribution < -0.4 is 10.2 Å². The molecule has 0 atom stereocenters. The first-order valence-electron chi connectivity index (χ1n) is 4.88. The second-order valence-corrected chi connectivity index (χ2v) is 3.56. The minimum Gasteiger partial charge on any atom is -0.504 e. The molecule has 5 nitrogen and oxygen atoms in total. The molecule has 1 N–H and O–H groups in total. The number of aryl methyl sites for hydroxylation is 1. The van der Waals surface area contributed by atoms with Gasteiger partial charge in [-0.1, -0.05) is 0 Å². The van der Waals surface area contributed by atoms with Gasteiger partial charge in [0.05, 0.1) is 12.5 Å². The summed E-state index contributed by atoms with van der Waals surface area (Å²) in [5.41, 5.74) is -0.298. The van der Waals surface area contributed by atoms with Crippen LogP contribution in [-0.4, -0.2) is 18.5 Å². The molecule has 0 saturated carbocycles. The maximum absolute atomic E-state index is 11.7. The number of phenolic OH excluding ortho intramolecular Hbond substituents is 1. The highest BCUT2D eigenvalue weighted by atomic mass is 16.5. The zero-order chi connectivity index (χ0) is 12.6. The number of benzene rings is 1. The molecular weight excluding hydrogens is 224 g/mol. The van der Waals surface area contributed by atoms with Crippen LogP contribution in [0.25, 0.3) is 11.0 Å². The average Bonchev–Trinajstić information content (AvgIpc) is 2.28. The summed E-state index contributed by atoms with van der Waals surface area (Å²) in [5, 5.41) is 9.95. The van der Waals surface area contributed by atoms with Crippen LogP contribution >= 0.6 is 0 Å². The van der Waals surface area contributed by atoms with Gasteiger partial charge in [-0.2, -0.15) is 0 Å². The minimum atomic E-state index is -0.330. The number of rotatable bonds is 2. The summed E-state index contributed by atoms with van der Waals surface area (Å²) in [7, 11) is 1.34. The third-order valence-corrected chi connectivity index (χ3v) is 2.45. The van der Waals surface area contributed by atoms with Crippen LogP contribution in [0.4, 0.5) is 0 Å². The van der Waals surface area contributed by atoms with E-state index in [9.17, 15) is 14.7 Å². The van der Waals surface area contributed by atoms with Crippen molar-refractivity contribution in [3.8, 4) is 11.5 Å². The molecule has 0 bridgehead atoms. The number of ether oxygens (including phenoxy) is 1. The van der Waals surface area contributed by atoms with Gasteiger partial charge in [0.25, 0.3) is 0 Å². The first-order chi connectivity index (χ1) is 8.08. The molecule has 2 rings (SSSR count). The predicted octanol–water partition coefficient (Wildman–Crippen LogP) is 1.63. The highest BCUT2D eigenvalue weighted by Crippen LogP contribution is 2.34. The number of aromatic hydroxyl groups is 1. The molecule has 88 valence electrons. The van der Waals surface area contributed by atoms with Gasteiger partial charge in [-0.15, -0.1) is 0 Å². The quantitative estimate of drug-likeness (QED) is 0.799. The number of methoxy groups -OCH3 is 1. The number of phenols is 1. The Morgan fingerprint density at radius 3 is 2.71 bits per heavy atom. The summed E-state index contributed by atoms with van der Waals surface area (Å²) < 4.78 is 10.2. The van der Waals surface area contributed by atoms with E-state index in [1.54, 1.807) is 6.92 Å². The van der Waals surface area contributed by atoms with Crippen LogP contribution in [0.1, 0.15) is 16.1 Å². The van der Waals surface area contributed by atoms with E-state index in [1.165, 1.54) is 19.2 Å². The van der Waals surface area contributed by atoms with Gasteiger partial charge in [0.2, 0.25) is 0 Å². The van der Waals surface area contributed by atoms with Crippen LogP contribution in [0.3, 0.4) is 0 Å². The summed E-state index contributed by atoms with van der Waals surface area (Å²) in [6, 6.07) is 2.66. The van der Waals surface area contributed by atoms with Crippen molar-refractivity contribution in [2.24, 2.45) is 0 Å². The molecule has 0 radical (unpaired) electrons. The molecule has 0 spiro atoms. The van der Waals surface area contributed by atoms with Gasteiger partial charge >= 0.3 is 0 Å². The number of carbonyl (C=O) groups excluding carboxylic acids is 1. The second-order valence-electron chi connectivity index (χ2n) is 3.56. The number of hydrogen-bond donors (Lipinski definition) is 1. The van der Waals surface area contributed by atoms with Crippen LogP contribution in [0.5, 0.6) is 11.5 Å². The van der Waals surface area contributed by atoms with Gasteiger partial charge in [0, 0.05) is 6.07 Å². The van der Waals surface area contributed by atoms with Crippen molar-refractivity contribution in [3.05, 3.63) is 33.7 Å². The first-order valence-corrected chi connectivity index (χ1v) is 4.88. The molecule has 5 heteroatoms. The van der Waals surface area contributed by atoms with Crippen molar-refractivity contribution in [2.75, 3.05) is 7.11 Å². The maximum atomic E-state index is 11.7. The molecule has 0 unspecified atom stereocenters. The molecule has 1 heterocycles. The minimum absolute atomic E-state index is 0.0655. The van der Waals surface area contributed by atoms with E-state index in [2.05, 4.69) is 0 Å². The van der Waals surface area contributed by atoms with Crippen LogP contribution in [-0.2, 0) is 0 Å². The van der Waals surface area contributed by atoms with Crippen molar-refractivity contribution >= 4 is 17.3 Å². The fourth-order valence-electron chi connectivity index (χ4n) is 1.66. The Morgan fingerprint density at radius 2 is 2.12 bits per heavy atom. The lowest BCUT2D eigenvalue weighted by atomic mass is 10.1. The zero-order valence-corrected chi connectivity index (χ0v) is 9.31. The molecule has 0 aliphatic heterocycles. The van der Waals surface area contributed by atoms with E-state index < -0.39 is 0 Å².